The van der Waals surface area contributed by atoms with E-state index in [-0.39, 0.29) is 11.3 Å². The fourth-order valence-electron chi connectivity index (χ4n) is 1.10. The SMILES string of the molecule is Cc1ccc(C(=O)O[Si](O)O)c(O)c1C. The summed E-state index contributed by atoms with van der Waals surface area (Å²) < 4.78 is 4.23. The van der Waals surface area contributed by atoms with E-state index in [0.717, 1.165) is 5.56 Å². The van der Waals surface area contributed by atoms with E-state index in [4.69, 9.17) is 9.59 Å². The molecule has 0 aliphatic heterocycles. The van der Waals surface area contributed by atoms with Crippen LogP contribution in [-0.2, 0) is 4.43 Å². The molecule has 0 saturated carbocycles. The smallest absolute Gasteiger partial charge is 0.507 e. The summed E-state index contributed by atoms with van der Waals surface area (Å²) >= 11 is 0. The molecule has 0 aliphatic rings. The molecule has 1 radical (unpaired) electrons. The van der Waals surface area contributed by atoms with E-state index >= 15 is 0 Å². The van der Waals surface area contributed by atoms with E-state index in [9.17, 15) is 9.90 Å². The topological polar surface area (TPSA) is 87.0 Å². The Labute approximate surface area is 88.5 Å². The van der Waals surface area contributed by atoms with Crippen molar-refractivity contribution in [2.45, 2.75) is 13.8 Å². The van der Waals surface area contributed by atoms with Crippen molar-refractivity contribution in [3.8, 4) is 5.75 Å². The molecule has 0 unspecified atom stereocenters. The van der Waals surface area contributed by atoms with Gasteiger partial charge < -0.3 is 19.1 Å². The van der Waals surface area contributed by atoms with Crippen molar-refractivity contribution >= 4 is 15.5 Å². The lowest BCUT2D eigenvalue weighted by Crippen LogP contribution is -2.22. The molecule has 81 valence electrons. The monoisotopic (exact) mass is 227 g/mol. The van der Waals surface area contributed by atoms with Crippen molar-refractivity contribution < 1.29 is 23.9 Å². The number of carbonyl (C=O) groups excluding carboxylic acids is 1. The molecule has 0 saturated heterocycles. The normalized spacial score (nSPS) is 10.5. The summed E-state index contributed by atoms with van der Waals surface area (Å²) in [4.78, 5) is 28.3. The molecule has 15 heavy (non-hydrogen) atoms. The lowest BCUT2D eigenvalue weighted by Gasteiger charge is -2.08. The molecule has 0 atom stereocenters. The molecular formula is C9H11O5Si. The summed E-state index contributed by atoms with van der Waals surface area (Å²) in [5.74, 6) is -1.13. The Bertz CT molecular complexity index is 388. The van der Waals surface area contributed by atoms with Gasteiger partial charge in [0.1, 0.15) is 11.3 Å². The molecule has 0 aromatic heterocycles. The Balaban J connectivity index is 3.06. The van der Waals surface area contributed by atoms with Crippen LogP contribution in [0.2, 0.25) is 0 Å². The van der Waals surface area contributed by atoms with Gasteiger partial charge in [-0.25, -0.2) is 4.79 Å². The largest absolute Gasteiger partial charge is 0.652 e. The second-order valence-corrected chi connectivity index (χ2v) is 3.84. The summed E-state index contributed by atoms with van der Waals surface area (Å²) in [6.07, 6.45) is 0. The van der Waals surface area contributed by atoms with Crippen LogP contribution in [0.15, 0.2) is 12.1 Å². The van der Waals surface area contributed by atoms with Crippen molar-refractivity contribution in [3.05, 3.63) is 28.8 Å². The van der Waals surface area contributed by atoms with Crippen molar-refractivity contribution in [3.63, 3.8) is 0 Å². The highest BCUT2D eigenvalue weighted by molar-refractivity contribution is 6.36. The van der Waals surface area contributed by atoms with Crippen LogP contribution in [0.4, 0.5) is 0 Å². The van der Waals surface area contributed by atoms with Crippen molar-refractivity contribution in [1.29, 1.82) is 0 Å². The summed E-state index contributed by atoms with van der Waals surface area (Å²) in [6, 6.07) is 3.03. The predicted octanol–water partition coefficient (Wildman–Crippen LogP) is 0.135. The van der Waals surface area contributed by atoms with E-state index in [1.165, 1.54) is 6.07 Å². The lowest BCUT2D eigenvalue weighted by molar-refractivity contribution is 0.0645. The van der Waals surface area contributed by atoms with Gasteiger partial charge in [-0.2, -0.15) is 0 Å². The molecule has 3 N–H and O–H groups in total. The lowest BCUT2D eigenvalue weighted by atomic mass is 10.0. The molecule has 0 bridgehead atoms. The molecule has 0 aliphatic carbocycles. The number of phenols is 1. The van der Waals surface area contributed by atoms with Crippen LogP contribution < -0.4 is 0 Å². The molecule has 1 aromatic carbocycles. The van der Waals surface area contributed by atoms with Gasteiger partial charge in [0.2, 0.25) is 0 Å². The first kappa shape index (κ1) is 11.7. The highest BCUT2D eigenvalue weighted by Crippen LogP contribution is 2.25. The van der Waals surface area contributed by atoms with Crippen LogP contribution in [0.25, 0.3) is 0 Å². The van der Waals surface area contributed by atoms with Crippen LogP contribution in [0.1, 0.15) is 21.5 Å². The first-order valence-corrected chi connectivity index (χ1v) is 5.50. The number of phenolic OH excluding ortho intramolecular Hbond substituents is 1. The minimum atomic E-state index is -3.08. The van der Waals surface area contributed by atoms with E-state index < -0.39 is 15.5 Å². The Morgan fingerprint density at radius 3 is 2.47 bits per heavy atom. The van der Waals surface area contributed by atoms with Gasteiger partial charge in [0.25, 0.3) is 0 Å². The zero-order chi connectivity index (χ0) is 11.6. The molecule has 5 nitrogen and oxygen atoms in total. The molecule has 1 aromatic rings. The summed E-state index contributed by atoms with van der Waals surface area (Å²) in [5.41, 5.74) is 1.33. The Hall–Kier alpha value is -1.37. The van der Waals surface area contributed by atoms with Crippen LogP contribution in [0, 0.1) is 13.8 Å². The van der Waals surface area contributed by atoms with E-state index in [2.05, 4.69) is 4.43 Å². The van der Waals surface area contributed by atoms with Crippen LogP contribution in [0.5, 0.6) is 5.75 Å². The maximum atomic E-state index is 11.3. The van der Waals surface area contributed by atoms with Gasteiger partial charge in [0.05, 0.1) is 0 Å². The Morgan fingerprint density at radius 1 is 1.33 bits per heavy atom. The highest BCUT2D eigenvalue weighted by Gasteiger charge is 2.20. The zero-order valence-electron chi connectivity index (χ0n) is 8.31. The van der Waals surface area contributed by atoms with Crippen molar-refractivity contribution in [2.24, 2.45) is 0 Å². The third-order valence-electron chi connectivity index (χ3n) is 2.11. The van der Waals surface area contributed by atoms with Gasteiger partial charge in [0, 0.05) is 0 Å². The minimum Gasteiger partial charge on any atom is -0.507 e. The zero-order valence-corrected chi connectivity index (χ0v) is 9.31. The van der Waals surface area contributed by atoms with Crippen LogP contribution >= 0.6 is 0 Å². The number of aromatic hydroxyl groups is 1. The maximum absolute atomic E-state index is 11.3. The van der Waals surface area contributed by atoms with Crippen molar-refractivity contribution in [2.75, 3.05) is 0 Å². The molecule has 1 rings (SSSR count). The standard InChI is InChI=1S/C9H11O5Si/c1-5-3-4-7(8(10)6(5)2)9(11)14-15(12)13/h3-4,10,12-13H,1-2H3. The van der Waals surface area contributed by atoms with E-state index in [0.29, 0.717) is 5.56 Å². The van der Waals surface area contributed by atoms with Gasteiger partial charge in [-0.1, -0.05) is 6.07 Å². The Kier molecular flexibility index (Phi) is 3.46. The van der Waals surface area contributed by atoms with Gasteiger partial charge in [-0.3, -0.25) is 0 Å². The average molecular weight is 227 g/mol. The quantitative estimate of drug-likeness (QED) is 0.625. The number of carbonyl (C=O) groups is 1. The van der Waals surface area contributed by atoms with Gasteiger partial charge in [-0.15, -0.1) is 0 Å². The van der Waals surface area contributed by atoms with Gasteiger partial charge >= 0.3 is 15.5 Å². The molecule has 0 spiro atoms. The molecular weight excluding hydrogens is 216 g/mol. The fourth-order valence-corrected chi connectivity index (χ4v) is 1.38. The van der Waals surface area contributed by atoms with Gasteiger partial charge in [0.15, 0.2) is 0 Å². The minimum absolute atomic E-state index is 0.0660. The van der Waals surface area contributed by atoms with Gasteiger partial charge in [-0.05, 0) is 31.0 Å². The van der Waals surface area contributed by atoms with Crippen LogP contribution in [0.3, 0.4) is 0 Å². The fraction of sp³-hybridized carbons (Fsp3) is 0.222. The number of benzene rings is 1. The number of hydrogen-bond acceptors (Lipinski definition) is 5. The van der Waals surface area contributed by atoms with Crippen LogP contribution in [-0.4, -0.2) is 30.2 Å². The van der Waals surface area contributed by atoms with Crippen molar-refractivity contribution in [1.82, 2.24) is 0 Å². The number of hydrogen-bond donors (Lipinski definition) is 3. The maximum Gasteiger partial charge on any atom is 0.652 e. The first-order valence-electron chi connectivity index (χ1n) is 4.19. The summed E-state index contributed by atoms with van der Waals surface area (Å²) in [7, 11) is -3.08. The molecule has 0 heterocycles. The second-order valence-electron chi connectivity index (χ2n) is 3.08. The molecule has 0 fully saturated rings. The predicted molar refractivity (Wildman–Crippen MR) is 53.2 cm³/mol. The number of rotatable bonds is 2. The highest BCUT2D eigenvalue weighted by atomic mass is 28.3. The second kappa shape index (κ2) is 4.43. The number of aryl methyl sites for hydroxylation is 1. The Morgan fingerprint density at radius 2 is 1.93 bits per heavy atom. The third kappa shape index (κ3) is 2.55. The van der Waals surface area contributed by atoms with E-state index in [1.54, 1.807) is 19.9 Å². The summed E-state index contributed by atoms with van der Waals surface area (Å²) in [5, 5.41) is 9.61. The molecule has 0 amide bonds. The average Bonchev–Trinajstić information content (AvgIpc) is 2.13. The third-order valence-corrected chi connectivity index (χ3v) is 2.47. The van der Waals surface area contributed by atoms with E-state index in [1.807, 2.05) is 0 Å². The summed E-state index contributed by atoms with van der Waals surface area (Å²) in [6.45, 7) is 3.45. The molecule has 6 heteroatoms. The first-order chi connectivity index (χ1) is 6.93.